The summed E-state index contributed by atoms with van der Waals surface area (Å²) in [7, 11) is 1.52. The number of hydrogen-bond acceptors (Lipinski definition) is 10. The lowest BCUT2D eigenvalue weighted by Gasteiger charge is -2.41. The molecule has 53 heavy (non-hydrogen) atoms. The fraction of sp³-hybridized carbons (Fsp3) is 0.487. The molecule has 0 radical (unpaired) electrons. The zero-order valence-electron chi connectivity index (χ0n) is 30.3. The summed E-state index contributed by atoms with van der Waals surface area (Å²) in [6.07, 6.45) is 0.669. The zero-order chi connectivity index (χ0) is 37.5. The summed E-state index contributed by atoms with van der Waals surface area (Å²) in [5.41, 5.74) is -0.429. The first-order valence-electron chi connectivity index (χ1n) is 17.9. The van der Waals surface area contributed by atoms with Gasteiger partial charge in [0.2, 0.25) is 0 Å². The molecule has 0 aliphatic carbocycles. The van der Waals surface area contributed by atoms with Crippen LogP contribution < -0.4 is 14.4 Å². The van der Waals surface area contributed by atoms with Crippen molar-refractivity contribution < 1.29 is 32.5 Å². The van der Waals surface area contributed by atoms with Crippen LogP contribution >= 0.6 is 11.6 Å². The van der Waals surface area contributed by atoms with Crippen molar-refractivity contribution in [3.63, 3.8) is 0 Å². The fourth-order valence-electron chi connectivity index (χ4n) is 7.95. The minimum absolute atomic E-state index is 0.000935. The molecule has 0 unspecified atom stereocenters. The summed E-state index contributed by atoms with van der Waals surface area (Å²) in [4.78, 5) is 28.3. The van der Waals surface area contributed by atoms with E-state index in [9.17, 15) is 14.4 Å². The van der Waals surface area contributed by atoms with E-state index in [1.165, 1.54) is 7.11 Å². The second-order valence-corrected chi connectivity index (χ2v) is 15.4. The van der Waals surface area contributed by atoms with Gasteiger partial charge in [0.1, 0.15) is 35.5 Å². The predicted octanol–water partition coefficient (Wildman–Crippen LogP) is 7.52. The second-order valence-electron chi connectivity index (χ2n) is 15.0. The molecule has 1 aromatic heterocycles. The monoisotopic (exact) mass is 748 g/mol. The number of amides is 1. The van der Waals surface area contributed by atoms with Crippen molar-refractivity contribution in [3.8, 4) is 29.0 Å². The van der Waals surface area contributed by atoms with Crippen molar-refractivity contribution in [1.29, 1.82) is 5.26 Å². The lowest BCUT2D eigenvalue weighted by Crippen LogP contribution is -2.56. The molecule has 3 aliphatic heterocycles. The molecule has 4 heterocycles. The van der Waals surface area contributed by atoms with Crippen LogP contribution in [0.5, 0.6) is 11.8 Å². The summed E-state index contributed by atoms with van der Waals surface area (Å²) in [5, 5.41) is 12.0. The average Bonchev–Trinajstić information content (AvgIpc) is 3.64. The smallest absolute Gasteiger partial charge is 0.410 e. The highest BCUT2D eigenvalue weighted by molar-refractivity contribution is 6.36. The second kappa shape index (κ2) is 14.7. The first kappa shape index (κ1) is 36.8. The zero-order valence-corrected chi connectivity index (χ0v) is 31.1. The number of hydrogen-bond donors (Lipinski definition) is 0. The molecule has 4 aromatic rings. The van der Waals surface area contributed by atoms with Crippen LogP contribution in [-0.2, 0) is 9.47 Å². The van der Waals surface area contributed by atoms with E-state index in [4.69, 9.17) is 35.5 Å². The van der Waals surface area contributed by atoms with Gasteiger partial charge in [0.25, 0.3) is 0 Å². The Morgan fingerprint density at radius 3 is 2.70 bits per heavy atom. The fourth-order valence-corrected chi connectivity index (χ4v) is 8.24. The maximum atomic E-state index is 17.2. The highest BCUT2D eigenvalue weighted by Crippen LogP contribution is 2.43. The number of alkyl halides is 1. The summed E-state index contributed by atoms with van der Waals surface area (Å²) >= 11 is 6.73. The van der Waals surface area contributed by atoms with Crippen LogP contribution in [0.15, 0.2) is 42.5 Å². The maximum Gasteiger partial charge on any atom is 0.410 e. The number of anilines is 1. The average molecular weight is 749 g/mol. The molecule has 3 aliphatic rings. The van der Waals surface area contributed by atoms with E-state index in [0.717, 1.165) is 24.8 Å². The molecule has 1 amide bonds. The number of fused-ring (bicyclic) bond motifs is 3. The Bertz CT molecular complexity index is 2070. The predicted molar refractivity (Wildman–Crippen MR) is 198 cm³/mol. The van der Waals surface area contributed by atoms with Crippen LogP contribution in [0.2, 0.25) is 5.02 Å². The van der Waals surface area contributed by atoms with Crippen LogP contribution in [0.4, 0.5) is 19.4 Å². The van der Waals surface area contributed by atoms with Crippen molar-refractivity contribution in [3.05, 3.63) is 53.3 Å². The topological polar surface area (TPSA) is 113 Å². The molecule has 3 saturated heterocycles. The number of halogens is 3. The molecular weight excluding hydrogens is 706 g/mol. The number of carbonyl (C=O) groups is 1. The number of ether oxygens (including phenoxy) is 4. The van der Waals surface area contributed by atoms with E-state index >= 15 is 4.39 Å². The molecule has 280 valence electrons. The van der Waals surface area contributed by atoms with Gasteiger partial charge >= 0.3 is 12.1 Å². The quantitative estimate of drug-likeness (QED) is 0.159. The molecule has 0 N–H and O–H groups in total. The van der Waals surface area contributed by atoms with E-state index in [1.54, 1.807) is 49.9 Å². The SMILES string of the molecule is COCOc1cc(-c2ccc3c(N4CCN(C(=O)OC(C)(C)C)[C@@H](CC#N)C4)nc(OC[C@@]45CCCN4C[C@H](F)C5)nc3c2F)c2c(Cl)cccc2c1. The first-order chi connectivity index (χ1) is 25.4. The third-order valence-electron chi connectivity index (χ3n) is 10.3. The van der Waals surface area contributed by atoms with Crippen molar-refractivity contribution in [2.75, 3.05) is 58.1 Å². The number of nitrogens with zero attached hydrogens (tertiary/aromatic N) is 6. The van der Waals surface area contributed by atoms with Crippen molar-refractivity contribution >= 4 is 45.2 Å². The molecule has 0 bridgehead atoms. The third-order valence-corrected chi connectivity index (χ3v) is 10.6. The molecule has 3 fully saturated rings. The summed E-state index contributed by atoms with van der Waals surface area (Å²) in [6, 6.07) is 14.1. The van der Waals surface area contributed by atoms with E-state index in [-0.39, 0.29) is 50.0 Å². The summed E-state index contributed by atoms with van der Waals surface area (Å²) < 4.78 is 54.7. The van der Waals surface area contributed by atoms with Crippen molar-refractivity contribution in [1.82, 2.24) is 19.8 Å². The molecule has 0 spiro atoms. The number of piperazine rings is 1. The van der Waals surface area contributed by atoms with E-state index in [1.807, 2.05) is 23.1 Å². The minimum Gasteiger partial charge on any atom is -0.468 e. The Kier molecular flexibility index (Phi) is 10.2. The van der Waals surface area contributed by atoms with E-state index < -0.39 is 35.3 Å². The largest absolute Gasteiger partial charge is 0.468 e. The molecule has 11 nitrogen and oxygen atoms in total. The normalized spacial score (nSPS) is 21.9. The molecule has 3 atom stereocenters. The lowest BCUT2D eigenvalue weighted by molar-refractivity contribution is 0.0145. The first-order valence-corrected chi connectivity index (χ1v) is 18.3. The molecule has 7 rings (SSSR count). The van der Waals surface area contributed by atoms with Crippen molar-refractivity contribution in [2.24, 2.45) is 0 Å². The maximum absolute atomic E-state index is 17.2. The number of methoxy groups -OCH3 is 1. The third kappa shape index (κ3) is 7.37. The Morgan fingerprint density at radius 2 is 1.92 bits per heavy atom. The molecule has 0 saturated carbocycles. The Hall–Kier alpha value is -4.51. The highest BCUT2D eigenvalue weighted by Gasteiger charge is 2.49. The minimum atomic E-state index is -0.949. The molecular formula is C39H43ClF2N6O5. The van der Waals surface area contributed by atoms with Gasteiger partial charge in [-0.2, -0.15) is 15.2 Å². The van der Waals surface area contributed by atoms with Gasteiger partial charge in [-0.15, -0.1) is 0 Å². The summed E-state index contributed by atoms with van der Waals surface area (Å²) in [6.45, 7) is 7.50. The van der Waals surface area contributed by atoms with Gasteiger partial charge in [-0.25, -0.2) is 13.6 Å². The highest BCUT2D eigenvalue weighted by atomic mass is 35.5. The van der Waals surface area contributed by atoms with Crippen LogP contribution in [0.1, 0.15) is 46.5 Å². The van der Waals surface area contributed by atoms with E-state index in [0.29, 0.717) is 52.4 Å². The van der Waals surface area contributed by atoms with Crippen LogP contribution in [-0.4, -0.2) is 102 Å². The molecule has 3 aromatic carbocycles. The van der Waals surface area contributed by atoms with Gasteiger partial charge in [0.05, 0.1) is 24.1 Å². The van der Waals surface area contributed by atoms with Gasteiger partial charge in [0, 0.05) is 61.1 Å². The number of nitriles is 1. The van der Waals surface area contributed by atoms with Gasteiger partial charge in [-0.05, 0) is 75.4 Å². The Morgan fingerprint density at radius 1 is 1.09 bits per heavy atom. The Labute approximate surface area is 312 Å². The standard InChI is InChI=1S/C39H43ClF2N6O5/c1-38(2,3)53-37(49)48-16-15-46(21-26(48)11-13-43)35-29-10-9-28(30-18-27(52-23-50-4)17-24-7-5-8-31(40)32(24)30)33(42)34(29)44-36(45-35)51-22-39-12-6-14-47(39)20-25(41)19-39/h5,7-10,17-18,25-26H,6,11-12,14-16,19-23H2,1-4H3/t25-,26+,39+/m1/s1. The van der Waals surface area contributed by atoms with Crippen molar-refractivity contribution in [2.45, 2.75) is 69.8 Å². The number of aromatic nitrogens is 2. The van der Waals surface area contributed by atoms with Gasteiger partial charge in [-0.1, -0.05) is 29.8 Å². The van der Waals surface area contributed by atoms with E-state index in [2.05, 4.69) is 16.0 Å². The van der Waals surface area contributed by atoms with Crippen LogP contribution in [0, 0.1) is 17.1 Å². The van der Waals surface area contributed by atoms with Crippen LogP contribution in [0.25, 0.3) is 32.8 Å². The van der Waals surface area contributed by atoms with Crippen LogP contribution in [0.3, 0.4) is 0 Å². The number of rotatable bonds is 9. The lowest BCUT2D eigenvalue weighted by atomic mass is 9.95. The number of benzene rings is 3. The van der Waals surface area contributed by atoms with Gasteiger partial charge < -0.3 is 28.7 Å². The summed E-state index contributed by atoms with van der Waals surface area (Å²) in [5.74, 6) is 0.253. The number of carbonyl (C=O) groups excluding carboxylic acids is 1. The Balaban J connectivity index is 1.32. The van der Waals surface area contributed by atoms with Gasteiger partial charge in [0.15, 0.2) is 12.6 Å². The van der Waals surface area contributed by atoms with Gasteiger partial charge in [-0.3, -0.25) is 4.90 Å². The molecule has 14 heteroatoms.